The zero-order valence-corrected chi connectivity index (χ0v) is 17.7. The van der Waals surface area contributed by atoms with Gasteiger partial charge in [-0.15, -0.1) is 0 Å². The van der Waals surface area contributed by atoms with E-state index in [4.69, 9.17) is 4.65 Å². The van der Waals surface area contributed by atoms with E-state index < -0.39 is 11.2 Å². The predicted octanol–water partition coefficient (Wildman–Crippen LogP) is 4.90. The van der Waals surface area contributed by atoms with Crippen LogP contribution < -0.4 is 5.46 Å². The molecule has 0 saturated carbocycles. The van der Waals surface area contributed by atoms with Gasteiger partial charge in [0.1, 0.15) is 0 Å². The van der Waals surface area contributed by atoms with Crippen LogP contribution in [0, 0.1) is 6.92 Å². The maximum atomic E-state index is 10.3. The molecule has 1 radical (unpaired) electrons. The summed E-state index contributed by atoms with van der Waals surface area (Å²) in [4.78, 5) is 0. The number of hydrogen-bond donors (Lipinski definition) is 1. The van der Waals surface area contributed by atoms with Gasteiger partial charge in [-0.3, -0.25) is 0 Å². The van der Waals surface area contributed by atoms with Crippen LogP contribution in [0.3, 0.4) is 0 Å². The van der Waals surface area contributed by atoms with Crippen LogP contribution in [0.1, 0.15) is 33.3 Å². The fourth-order valence-corrected chi connectivity index (χ4v) is 3.40. The first-order chi connectivity index (χ1) is 13.7. The standard InChI is InChI=1S/C25H27BNO2/c1-17-10-13-19(14-11-17)27-22-9-7-6-8-20(22)21-16-18(12-15-23(21)27)26-29-25(4,5)24(2,3)28/h6-16,28H,1-5H3. The van der Waals surface area contributed by atoms with E-state index in [1.807, 2.05) is 13.8 Å². The summed E-state index contributed by atoms with van der Waals surface area (Å²) in [7, 11) is 1.75. The smallest absolute Gasteiger partial charge is 0.330 e. The molecule has 0 unspecified atom stereocenters. The van der Waals surface area contributed by atoms with Crippen molar-refractivity contribution in [2.45, 2.75) is 45.8 Å². The van der Waals surface area contributed by atoms with Crippen molar-refractivity contribution in [2.75, 3.05) is 0 Å². The lowest BCUT2D eigenvalue weighted by Gasteiger charge is -2.37. The van der Waals surface area contributed by atoms with E-state index >= 15 is 0 Å². The summed E-state index contributed by atoms with van der Waals surface area (Å²) < 4.78 is 8.26. The van der Waals surface area contributed by atoms with Crippen molar-refractivity contribution >= 4 is 34.8 Å². The minimum absolute atomic E-state index is 0.697. The molecule has 0 amide bonds. The van der Waals surface area contributed by atoms with Crippen molar-refractivity contribution in [1.29, 1.82) is 0 Å². The van der Waals surface area contributed by atoms with Crippen LogP contribution in [0.5, 0.6) is 0 Å². The van der Waals surface area contributed by atoms with E-state index in [1.54, 1.807) is 21.3 Å². The highest BCUT2D eigenvalue weighted by molar-refractivity contribution is 6.47. The van der Waals surface area contributed by atoms with E-state index in [9.17, 15) is 5.11 Å². The molecule has 4 rings (SSSR count). The molecule has 3 nitrogen and oxygen atoms in total. The summed E-state index contributed by atoms with van der Waals surface area (Å²) in [6.07, 6.45) is 0. The van der Waals surface area contributed by atoms with E-state index in [0.29, 0.717) is 0 Å². The second-order valence-electron chi connectivity index (χ2n) is 8.77. The maximum absolute atomic E-state index is 10.3. The van der Waals surface area contributed by atoms with Crippen LogP contribution in [0.4, 0.5) is 0 Å². The van der Waals surface area contributed by atoms with E-state index in [1.165, 1.54) is 21.9 Å². The fraction of sp³-hybridized carbons (Fsp3) is 0.280. The Hall–Kier alpha value is -2.56. The van der Waals surface area contributed by atoms with Crippen LogP contribution in [0.25, 0.3) is 27.5 Å². The molecule has 0 saturated heterocycles. The normalized spacial score (nSPS) is 12.6. The minimum Gasteiger partial charge on any atom is -0.427 e. The molecule has 1 N–H and O–H groups in total. The van der Waals surface area contributed by atoms with Crippen LogP contribution >= 0.6 is 0 Å². The van der Waals surface area contributed by atoms with Gasteiger partial charge >= 0.3 is 7.48 Å². The second kappa shape index (κ2) is 7.05. The highest BCUT2D eigenvalue weighted by atomic mass is 16.5. The molecular weight excluding hydrogens is 357 g/mol. The van der Waals surface area contributed by atoms with Crippen molar-refractivity contribution < 1.29 is 9.76 Å². The molecule has 147 valence electrons. The molecular formula is C25H27BNO2. The molecule has 3 aromatic carbocycles. The third kappa shape index (κ3) is 3.59. The van der Waals surface area contributed by atoms with Gasteiger partial charge in [-0.25, -0.2) is 0 Å². The summed E-state index contributed by atoms with van der Waals surface area (Å²) >= 11 is 0. The highest BCUT2D eigenvalue weighted by Crippen LogP contribution is 2.31. The fourth-order valence-electron chi connectivity index (χ4n) is 3.40. The average Bonchev–Trinajstić information content (AvgIpc) is 3.00. The van der Waals surface area contributed by atoms with Gasteiger partial charge in [-0.05, 0) is 58.9 Å². The van der Waals surface area contributed by atoms with E-state index in [2.05, 4.69) is 78.2 Å². The Morgan fingerprint density at radius 2 is 1.48 bits per heavy atom. The van der Waals surface area contributed by atoms with Crippen LogP contribution in [0.2, 0.25) is 0 Å². The molecule has 0 spiro atoms. The van der Waals surface area contributed by atoms with Gasteiger partial charge in [0, 0.05) is 16.5 Å². The number of rotatable bonds is 5. The third-order valence-electron chi connectivity index (χ3n) is 5.95. The Morgan fingerprint density at radius 1 is 0.828 bits per heavy atom. The van der Waals surface area contributed by atoms with Gasteiger partial charge < -0.3 is 14.3 Å². The Balaban J connectivity index is 1.80. The molecule has 0 aliphatic heterocycles. The first-order valence-electron chi connectivity index (χ1n) is 10.0. The molecule has 0 aliphatic rings. The first kappa shape index (κ1) is 19.7. The third-order valence-corrected chi connectivity index (χ3v) is 5.95. The number of aryl methyl sites for hydroxylation is 1. The Kier molecular flexibility index (Phi) is 4.80. The van der Waals surface area contributed by atoms with Gasteiger partial charge in [-0.2, -0.15) is 0 Å². The summed E-state index contributed by atoms with van der Waals surface area (Å²) in [5, 5.41) is 12.7. The van der Waals surface area contributed by atoms with E-state index in [0.717, 1.165) is 16.7 Å². The molecule has 1 aromatic heterocycles. The molecule has 0 atom stereocenters. The lowest BCUT2D eigenvalue weighted by molar-refractivity contribution is -0.0893. The summed E-state index contributed by atoms with van der Waals surface area (Å²) in [5.74, 6) is 0. The van der Waals surface area contributed by atoms with Crippen LogP contribution in [-0.4, -0.2) is 28.4 Å². The Labute approximate surface area is 173 Å². The summed E-state index contributed by atoms with van der Waals surface area (Å²) in [5.41, 5.74) is 4.07. The molecule has 4 heteroatoms. The maximum Gasteiger partial charge on any atom is 0.330 e. The van der Waals surface area contributed by atoms with Crippen molar-refractivity contribution in [3.05, 3.63) is 72.3 Å². The van der Waals surface area contributed by atoms with Gasteiger partial charge in [0.2, 0.25) is 0 Å². The number of benzene rings is 3. The average molecular weight is 384 g/mol. The van der Waals surface area contributed by atoms with E-state index in [-0.39, 0.29) is 0 Å². The second-order valence-corrected chi connectivity index (χ2v) is 8.77. The lowest BCUT2D eigenvalue weighted by atomic mass is 9.82. The summed E-state index contributed by atoms with van der Waals surface area (Å²) in [6.45, 7) is 9.42. The number of nitrogens with zero attached hydrogens (tertiary/aromatic N) is 1. The topological polar surface area (TPSA) is 34.4 Å². The quantitative estimate of drug-likeness (QED) is 0.497. The SMILES string of the molecule is Cc1ccc(-n2c3ccccc3c3cc([B]OC(C)(C)C(C)(C)O)ccc32)cc1. The van der Waals surface area contributed by atoms with Gasteiger partial charge in [0.25, 0.3) is 0 Å². The molecule has 0 aliphatic carbocycles. The van der Waals surface area contributed by atoms with Crippen LogP contribution in [0.15, 0.2) is 66.7 Å². The van der Waals surface area contributed by atoms with Gasteiger partial charge in [-0.1, -0.05) is 53.5 Å². The van der Waals surface area contributed by atoms with Crippen LogP contribution in [-0.2, 0) is 4.65 Å². The van der Waals surface area contributed by atoms with Crippen molar-refractivity contribution in [2.24, 2.45) is 0 Å². The number of hydrogen-bond acceptors (Lipinski definition) is 2. The zero-order chi connectivity index (χ0) is 20.8. The lowest BCUT2D eigenvalue weighted by Crippen LogP contribution is -2.49. The monoisotopic (exact) mass is 384 g/mol. The molecule has 0 bridgehead atoms. The summed E-state index contributed by atoms with van der Waals surface area (Å²) in [6, 6.07) is 23.4. The van der Waals surface area contributed by atoms with Crippen molar-refractivity contribution in [1.82, 2.24) is 4.57 Å². The minimum atomic E-state index is -0.949. The van der Waals surface area contributed by atoms with Crippen molar-refractivity contribution in [3.8, 4) is 5.69 Å². The molecule has 1 heterocycles. The Bertz CT molecular complexity index is 1170. The predicted molar refractivity (Wildman–Crippen MR) is 122 cm³/mol. The number of fused-ring (bicyclic) bond motifs is 3. The van der Waals surface area contributed by atoms with Gasteiger partial charge in [0.05, 0.1) is 22.2 Å². The molecule has 29 heavy (non-hydrogen) atoms. The largest absolute Gasteiger partial charge is 0.427 e. The Morgan fingerprint density at radius 3 is 2.17 bits per heavy atom. The zero-order valence-electron chi connectivity index (χ0n) is 17.7. The number of aromatic nitrogens is 1. The highest BCUT2D eigenvalue weighted by Gasteiger charge is 2.35. The first-order valence-corrected chi connectivity index (χ1v) is 10.0. The van der Waals surface area contributed by atoms with Gasteiger partial charge in [0.15, 0.2) is 0 Å². The molecule has 4 aromatic rings. The molecule has 0 fully saturated rings. The number of aliphatic hydroxyl groups is 1. The van der Waals surface area contributed by atoms with Crippen molar-refractivity contribution in [3.63, 3.8) is 0 Å². The number of para-hydroxylation sites is 1.